The number of amides is 1. The largest absolute Gasteiger partial charge is 0.484 e. The lowest BCUT2D eigenvalue weighted by molar-refractivity contribution is -0.124. The van der Waals surface area contributed by atoms with Crippen molar-refractivity contribution in [1.82, 2.24) is 9.62 Å². The summed E-state index contributed by atoms with van der Waals surface area (Å²) in [6, 6.07) is 7.46. The Bertz CT molecular complexity index is 717. The highest BCUT2D eigenvalue weighted by atomic mass is 32.2. The van der Waals surface area contributed by atoms with Gasteiger partial charge in [0.2, 0.25) is 10.0 Å². The number of carbonyl (C=O) groups is 1. The van der Waals surface area contributed by atoms with Crippen LogP contribution in [0.25, 0.3) is 0 Å². The Labute approximate surface area is 149 Å². The van der Waals surface area contributed by atoms with Gasteiger partial charge in [-0.05, 0) is 48.8 Å². The van der Waals surface area contributed by atoms with Crippen molar-refractivity contribution < 1.29 is 17.9 Å². The van der Waals surface area contributed by atoms with Crippen molar-refractivity contribution >= 4 is 15.9 Å². The highest BCUT2D eigenvalue weighted by Gasteiger charge is 2.40. The number of carbonyl (C=O) groups excluding carboxylic acids is 1. The lowest BCUT2D eigenvalue weighted by atomic mass is 9.95. The third kappa shape index (κ3) is 4.73. The van der Waals surface area contributed by atoms with Gasteiger partial charge in [-0.2, -0.15) is 0 Å². The molecule has 2 aliphatic rings. The minimum absolute atomic E-state index is 0.0104. The molecule has 2 saturated carbocycles. The van der Waals surface area contributed by atoms with Gasteiger partial charge in [0, 0.05) is 19.6 Å². The third-order valence-corrected chi connectivity index (χ3v) is 6.61. The van der Waals surface area contributed by atoms with Crippen LogP contribution in [0.3, 0.4) is 0 Å². The number of benzene rings is 1. The predicted molar refractivity (Wildman–Crippen MR) is 95.6 cm³/mol. The smallest absolute Gasteiger partial charge is 0.258 e. The minimum Gasteiger partial charge on any atom is -0.484 e. The fourth-order valence-corrected chi connectivity index (χ4v) is 4.27. The number of nitrogens with zero attached hydrogens (tertiary/aromatic N) is 1. The number of hydrogen-bond acceptors (Lipinski definition) is 4. The maximum Gasteiger partial charge on any atom is 0.258 e. The van der Waals surface area contributed by atoms with Crippen LogP contribution in [0.2, 0.25) is 0 Å². The van der Waals surface area contributed by atoms with E-state index in [2.05, 4.69) is 5.32 Å². The van der Waals surface area contributed by atoms with Crippen molar-refractivity contribution in [2.24, 2.45) is 11.8 Å². The summed E-state index contributed by atoms with van der Waals surface area (Å²) in [5, 5.41) is 3.10. The highest BCUT2D eigenvalue weighted by Crippen LogP contribution is 2.44. The van der Waals surface area contributed by atoms with E-state index in [1.54, 1.807) is 19.2 Å². The SMILES string of the molecule is CN(Cc1ccc(OCC(=O)NC2CC3CCC2C3)cc1)S(C)(=O)=O. The van der Waals surface area contributed by atoms with E-state index in [9.17, 15) is 13.2 Å². The van der Waals surface area contributed by atoms with E-state index in [0.717, 1.165) is 17.9 Å². The van der Waals surface area contributed by atoms with Gasteiger partial charge in [-0.15, -0.1) is 0 Å². The number of sulfonamides is 1. The summed E-state index contributed by atoms with van der Waals surface area (Å²) in [7, 11) is -1.66. The van der Waals surface area contributed by atoms with Crippen molar-refractivity contribution in [3.05, 3.63) is 29.8 Å². The van der Waals surface area contributed by atoms with Crippen molar-refractivity contribution in [2.75, 3.05) is 19.9 Å². The molecule has 1 aromatic carbocycles. The van der Waals surface area contributed by atoms with Gasteiger partial charge in [0.05, 0.1) is 6.26 Å². The Morgan fingerprint density at radius 2 is 1.96 bits per heavy atom. The standard InChI is InChI=1S/C18H26N2O4S/c1-20(25(2,22)23)11-13-4-7-16(8-5-13)24-12-18(21)19-17-10-14-3-6-15(17)9-14/h4-5,7-8,14-15,17H,3,6,9-12H2,1-2H3,(H,19,21). The van der Waals surface area contributed by atoms with Crippen LogP contribution < -0.4 is 10.1 Å². The van der Waals surface area contributed by atoms with E-state index in [1.807, 2.05) is 12.1 Å². The first-order valence-electron chi connectivity index (χ1n) is 8.73. The molecule has 3 rings (SSSR count). The third-order valence-electron chi connectivity index (χ3n) is 5.35. The zero-order valence-electron chi connectivity index (χ0n) is 14.8. The molecule has 1 aromatic rings. The number of nitrogens with one attached hydrogen (secondary N) is 1. The molecular formula is C18H26N2O4S. The number of fused-ring (bicyclic) bond motifs is 2. The van der Waals surface area contributed by atoms with Crippen molar-refractivity contribution in [2.45, 2.75) is 38.3 Å². The van der Waals surface area contributed by atoms with Crippen LogP contribution in [0.5, 0.6) is 5.75 Å². The van der Waals surface area contributed by atoms with E-state index in [0.29, 0.717) is 24.3 Å². The number of ether oxygens (including phenoxy) is 1. The van der Waals surface area contributed by atoms with Crippen LogP contribution in [0.4, 0.5) is 0 Å². The molecule has 3 atom stereocenters. The zero-order chi connectivity index (χ0) is 18.0. The summed E-state index contributed by atoms with van der Waals surface area (Å²) in [6.07, 6.45) is 6.10. The number of rotatable bonds is 7. The summed E-state index contributed by atoms with van der Waals surface area (Å²) in [5.41, 5.74) is 0.867. The van der Waals surface area contributed by atoms with Crippen LogP contribution in [0.15, 0.2) is 24.3 Å². The van der Waals surface area contributed by atoms with Crippen LogP contribution >= 0.6 is 0 Å². The Kier molecular flexibility index (Phi) is 5.34. The van der Waals surface area contributed by atoms with E-state index in [-0.39, 0.29) is 12.5 Å². The number of hydrogen-bond donors (Lipinski definition) is 1. The first-order valence-corrected chi connectivity index (χ1v) is 10.6. The highest BCUT2D eigenvalue weighted by molar-refractivity contribution is 7.88. The van der Waals surface area contributed by atoms with Crippen LogP contribution in [0.1, 0.15) is 31.2 Å². The fraction of sp³-hybridized carbons (Fsp3) is 0.611. The summed E-state index contributed by atoms with van der Waals surface area (Å²) < 4.78 is 29.7. The van der Waals surface area contributed by atoms with E-state index >= 15 is 0 Å². The summed E-state index contributed by atoms with van der Waals surface area (Å²) in [6.45, 7) is 0.320. The molecule has 6 nitrogen and oxygen atoms in total. The Balaban J connectivity index is 1.44. The van der Waals surface area contributed by atoms with Crippen LogP contribution in [-0.4, -0.2) is 44.6 Å². The van der Waals surface area contributed by atoms with Gasteiger partial charge in [0.25, 0.3) is 5.91 Å². The maximum absolute atomic E-state index is 12.1. The van der Waals surface area contributed by atoms with Gasteiger partial charge >= 0.3 is 0 Å². The first-order chi connectivity index (χ1) is 11.8. The average Bonchev–Trinajstić information content (AvgIpc) is 3.16. The fourth-order valence-electron chi connectivity index (χ4n) is 3.88. The quantitative estimate of drug-likeness (QED) is 0.798. The molecule has 138 valence electrons. The molecule has 0 aliphatic heterocycles. The second kappa shape index (κ2) is 7.33. The normalized spacial score (nSPS) is 25.3. The first kappa shape index (κ1) is 18.2. The van der Waals surface area contributed by atoms with Gasteiger partial charge in [0.1, 0.15) is 5.75 Å². The molecule has 0 heterocycles. The molecule has 2 aliphatic carbocycles. The topological polar surface area (TPSA) is 75.7 Å². The van der Waals surface area contributed by atoms with E-state index in [4.69, 9.17) is 4.74 Å². The van der Waals surface area contributed by atoms with Gasteiger partial charge in [-0.3, -0.25) is 4.79 Å². The van der Waals surface area contributed by atoms with Crippen molar-refractivity contribution in [3.8, 4) is 5.75 Å². The molecule has 2 bridgehead atoms. The van der Waals surface area contributed by atoms with Gasteiger partial charge in [-0.25, -0.2) is 12.7 Å². The monoisotopic (exact) mass is 366 g/mol. The lowest BCUT2D eigenvalue weighted by Gasteiger charge is -2.22. The molecule has 0 spiro atoms. The summed E-state index contributed by atoms with van der Waals surface area (Å²) in [4.78, 5) is 12.1. The molecule has 0 radical (unpaired) electrons. The Morgan fingerprint density at radius 1 is 1.24 bits per heavy atom. The molecule has 25 heavy (non-hydrogen) atoms. The van der Waals surface area contributed by atoms with E-state index in [1.165, 1.54) is 29.8 Å². The van der Waals surface area contributed by atoms with Crippen molar-refractivity contribution in [1.29, 1.82) is 0 Å². The zero-order valence-corrected chi connectivity index (χ0v) is 15.6. The molecule has 1 amide bonds. The molecule has 3 unspecified atom stereocenters. The molecular weight excluding hydrogens is 340 g/mol. The van der Waals surface area contributed by atoms with Crippen molar-refractivity contribution in [3.63, 3.8) is 0 Å². The van der Waals surface area contributed by atoms with Crippen LogP contribution in [0, 0.1) is 11.8 Å². The Hall–Kier alpha value is -1.60. The van der Waals surface area contributed by atoms with Gasteiger partial charge < -0.3 is 10.1 Å². The predicted octanol–water partition coefficient (Wildman–Crippen LogP) is 1.76. The lowest BCUT2D eigenvalue weighted by Crippen LogP contribution is -2.40. The average molecular weight is 366 g/mol. The minimum atomic E-state index is -3.20. The maximum atomic E-state index is 12.1. The van der Waals surface area contributed by atoms with Gasteiger partial charge in [-0.1, -0.05) is 18.6 Å². The second-order valence-corrected chi connectivity index (χ2v) is 9.39. The summed E-state index contributed by atoms with van der Waals surface area (Å²) >= 11 is 0. The molecule has 0 aromatic heterocycles. The summed E-state index contributed by atoms with van der Waals surface area (Å²) in [5.74, 6) is 1.99. The molecule has 0 saturated heterocycles. The van der Waals surface area contributed by atoms with Crippen LogP contribution in [-0.2, 0) is 21.4 Å². The van der Waals surface area contributed by atoms with Gasteiger partial charge in [0.15, 0.2) is 6.61 Å². The molecule has 1 N–H and O–H groups in total. The molecule has 7 heteroatoms. The second-order valence-electron chi connectivity index (χ2n) is 7.30. The van der Waals surface area contributed by atoms with E-state index < -0.39 is 10.0 Å². The molecule has 2 fully saturated rings. The Morgan fingerprint density at radius 3 is 2.52 bits per heavy atom.